The lowest BCUT2D eigenvalue weighted by atomic mass is 9.34. The topological polar surface area (TPSA) is 74.6 Å². The molecule has 4 rings (SSSR count). The zero-order valence-corrected chi connectivity index (χ0v) is 19.8. The number of hydrogen-bond acceptors (Lipinski definition) is 4. The molecule has 0 bridgehead atoms. The van der Waals surface area contributed by atoms with E-state index in [1.165, 1.54) is 32.6 Å². The summed E-state index contributed by atoms with van der Waals surface area (Å²) in [4.78, 5) is 24.7. The number of fused-ring (bicyclic) bond motifs is 5. The van der Waals surface area contributed by atoms with Gasteiger partial charge in [0.25, 0.3) is 0 Å². The molecule has 4 nitrogen and oxygen atoms in total. The Bertz CT molecular complexity index is 731. The highest BCUT2D eigenvalue weighted by Gasteiger charge is 2.70. The van der Waals surface area contributed by atoms with Crippen LogP contribution in [0.3, 0.4) is 0 Å². The average Bonchev–Trinajstić information content (AvgIpc) is 2.63. The van der Waals surface area contributed by atoms with Gasteiger partial charge in [-0.25, -0.2) is 0 Å². The Hall–Kier alpha value is -0.740. The van der Waals surface area contributed by atoms with Crippen molar-refractivity contribution < 1.29 is 19.8 Å². The van der Waals surface area contributed by atoms with Crippen LogP contribution < -0.4 is 0 Å². The maximum atomic E-state index is 12.4. The van der Waals surface area contributed by atoms with Gasteiger partial charge >= 0.3 is 0 Å². The Morgan fingerprint density at radius 3 is 2.13 bits per heavy atom. The highest BCUT2D eigenvalue weighted by molar-refractivity contribution is 5.83. The minimum atomic E-state index is -0.799. The van der Waals surface area contributed by atoms with Crippen molar-refractivity contribution in [2.75, 3.05) is 0 Å². The molecule has 0 amide bonds. The number of hydrogen-bond donors (Lipinski definition) is 2. The second-order valence-electron chi connectivity index (χ2n) is 12.8. The molecule has 4 aliphatic rings. The van der Waals surface area contributed by atoms with Crippen LogP contribution in [0.25, 0.3) is 0 Å². The summed E-state index contributed by atoms with van der Waals surface area (Å²) < 4.78 is 0. The maximum absolute atomic E-state index is 12.4. The number of rotatable bonds is 2. The lowest BCUT2D eigenvalue weighted by Crippen LogP contribution is -2.69. The first-order valence-corrected chi connectivity index (χ1v) is 12.2. The third-order valence-corrected chi connectivity index (χ3v) is 11.2. The van der Waals surface area contributed by atoms with Crippen molar-refractivity contribution in [1.82, 2.24) is 0 Å². The smallest absolute Gasteiger partial charge is 0.136 e. The summed E-state index contributed by atoms with van der Waals surface area (Å²) in [6.07, 6.45) is 6.63. The van der Waals surface area contributed by atoms with Gasteiger partial charge in [0.15, 0.2) is 0 Å². The van der Waals surface area contributed by atoms with Gasteiger partial charge in [-0.15, -0.1) is 0 Å². The average molecular weight is 419 g/mol. The van der Waals surface area contributed by atoms with Gasteiger partial charge < -0.3 is 15.0 Å². The molecule has 170 valence electrons. The molecule has 0 aliphatic heterocycles. The molecule has 0 spiro atoms. The fourth-order valence-corrected chi connectivity index (χ4v) is 9.81. The standard InChI is InChI=1S/C26H42O4/c1-15(28)22-16(14-27)26(6)20(12-17(22)29)25(5)11-8-18-23(2,3)9-7-10-24(18,4)19(25)13-21(26)30/h14,16-22,29-30H,7-13H2,1-6H3/t16-,17-,18?,19?,20?,21+,22-,24-,25+,26+/m0/s1. The fourth-order valence-electron chi connectivity index (χ4n) is 9.81. The molecule has 30 heavy (non-hydrogen) atoms. The summed E-state index contributed by atoms with van der Waals surface area (Å²) in [5, 5.41) is 22.6. The van der Waals surface area contributed by atoms with E-state index in [0.29, 0.717) is 30.1 Å². The summed E-state index contributed by atoms with van der Waals surface area (Å²) in [5.41, 5.74) is -0.195. The van der Waals surface area contributed by atoms with E-state index in [0.717, 1.165) is 12.7 Å². The summed E-state index contributed by atoms with van der Waals surface area (Å²) in [7, 11) is 0. The second-order valence-corrected chi connectivity index (χ2v) is 12.8. The molecule has 0 saturated heterocycles. The summed E-state index contributed by atoms with van der Waals surface area (Å²) in [5.74, 6) is -0.381. The first kappa shape index (κ1) is 22.5. The Morgan fingerprint density at radius 1 is 0.900 bits per heavy atom. The molecule has 0 aromatic heterocycles. The van der Waals surface area contributed by atoms with Crippen LogP contribution in [0.1, 0.15) is 86.5 Å². The van der Waals surface area contributed by atoms with E-state index in [4.69, 9.17) is 0 Å². The Kier molecular flexibility index (Phi) is 5.15. The predicted molar refractivity (Wildman–Crippen MR) is 117 cm³/mol. The molecule has 4 aliphatic carbocycles. The summed E-state index contributed by atoms with van der Waals surface area (Å²) in [6, 6.07) is 0. The zero-order valence-electron chi connectivity index (χ0n) is 19.8. The SMILES string of the molecule is CC(=O)[C@@H]1[C@@H](O)CC2[C@]3(C)CCC4C(C)(C)CCC[C@]4(C)C3C[C@@H](O)[C@]2(C)[C@H]1C=O. The van der Waals surface area contributed by atoms with Crippen LogP contribution in [0.4, 0.5) is 0 Å². The molecule has 0 heterocycles. The van der Waals surface area contributed by atoms with E-state index in [1.54, 1.807) is 0 Å². The molecule has 10 atom stereocenters. The molecular formula is C26H42O4. The van der Waals surface area contributed by atoms with Gasteiger partial charge in [-0.1, -0.05) is 41.0 Å². The van der Waals surface area contributed by atoms with Crippen molar-refractivity contribution in [3.63, 3.8) is 0 Å². The van der Waals surface area contributed by atoms with Gasteiger partial charge in [-0.2, -0.15) is 0 Å². The third-order valence-electron chi connectivity index (χ3n) is 11.2. The Morgan fingerprint density at radius 2 is 1.53 bits per heavy atom. The number of carbonyl (C=O) groups excluding carboxylic acids is 2. The number of aliphatic hydroxyl groups excluding tert-OH is 2. The highest BCUT2D eigenvalue weighted by Crippen LogP contribution is 2.73. The Labute approximate surface area is 182 Å². The van der Waals surface area contributed by atoms with Crippen molar-refractivity contribution in [3.8, 4) is 0 Å². The van der Waals surface area contributed by atoms with Crippen molar-refractivity contribution in [1.29, 1.82) is 0 Å². The summed E-state index contributed by atoms with van der Waals surface area (Å²) >= 11 is 0. The van der Waals surface area contributed by atoms with Gasteiger partial charge in [0, 0.05) is 11.3 Å². The lowest BCUT2D eigenvalue weighted by Gasteiger charge is -2.71. The number of Topliss-reactive ketones (excluding diaryl/α,β-unsaturated/α-hetero) is 1. The van der Waals surface area contributed by atoms with Gasteiger partial charge in [-0.05, 0) is 79.4 Å². The molecule has 2 N–H and O–H groups in total. The van der Waals surface area contributed by atoms with Crippen molar-refractivity contribution in [3.05, 3.63) is 0 Å². The first-order valence-electron chi connectivity index (χ1n) is 12.2. The van der Waals surface area contributed by atoms with Crippen LogP contribution >= 0.6 is 0 Å². The van der Waals surface area contributed by atoms with Gasteiger partial charge in [0.1, 0.15) is 12.1 Å². The van der Waals surface area contributed by atoms with E-state index in [-0.39, 0.29) is 22.5 Å². The molecule has 3 unspecified atom stereocenters. The lowest BCUT2D eigenvalue weighted by molar-refractivity contribution is -0.256. The number of carbonyl (C=O) groups is 2. The first-order chi connectivity index (χ1) is 13.8. The molecule has 4 fully saturated rings. The molecule has 0 aromatic carbocycles. The quantitative estimate of drug-likeness (QED) is 0.652. The van der Waals surface area contributed by atoms with Crippen molar-refractivity contribution >= 4 is 12.1 Å². The van der Waals surface area contributed by atoms with Crippen molar-refractivity contribution in [2.24, 2.45) is 51.2 Å². The van der Waals surface area contributed by atoms with Crippen LogP contribution in [0.5, 0.6) is 0 Å². The zero-order chi connectivity index (χ0) is 22.3. The molecule has 4 saturated carbocycles. The minimum absolute atomic E-state index is 0.0311. The van der Waals surface area contributed by atoms with E-state index in [2.05, 4.69) is 27.7 Å². The molecule has 0 aromatic rings. The predicted octanol–water partition coefficient (Wildman–Crippen LogP) is 4.41. The van der Waals surface area contributed by atoms with Crippen LogP contribution in [-0.4, -0.2) is 34.5 Å². The maximum Gasteiger partial charge on any atom is 0.136 e. The highest BCUT2D eigenvalue weighted by atomic mass is 16.3. The van der Waals surface area contributed by atoms with Gasteiger partial charge in [0.05, 0.1) is 18.1 Å². The van der Waals surface area contributed by atoms with Crippen LogP contribution in [0, 0.1) is 51.2 Å². The van der Waals surface area contributed by atoms with Crippen LogP contribution in [0.2, 0.25) is 0 Å². The van der Waals surface area contributed by atoms with Gasteiger partial charge in [-0.3, -0.25) is 4.79 Å². The van der Waals surface area contributed by atoms with Crippen molar-refractivity contribution in [2.45, 2.75) is 98.7 Å². The normalized spacial score (nSPS) is 55.0. The molecule has 0 radical (unpaired) electrons. The molecular weight excluding hydrogens is 376 g/mol. The van der Waals surface area contributed by atoms with E-state index >= 15 is 0 Å². The monoisotopic (exact) mass is 418 g/mol. The van der Waals surface area contributed by atoms with E-state index in [1.807, 2.05) is 6.92 Å². The van der Waals surface area contributed by atoms with Gasteiger partial charge in [0.2, 0.25) is 0 Å². The number of aldehydes is 1. The largest absolute Gasteiger partial charge is 0.393 e. The van der Waals surface area contributed by atoms with E-state index in [9.17, 15) is 19.8 Å². The molecule has 4 heteroatoms. The number of aliphatic hydroxyl groups is 2. The van der Waals surface area contributed by atoms with E-state index < -0.39 is 29.5 Å². The number of ketones is 1. The Balaban J connectivity index is 1.80. The second kappa shape index (κ2) is 6.88. The summed E-state index contributed by atoms with van der Waals surface area (Å²) in [6.45, 7) is 13.2. The fraction of sp³-hybridized carbons (Fsp3) is 0.923. The van der Waals surface area contributed by atoms with Crippen LogP contribution in [0.15, 0.2) is 0 Å². The minimum Gasteiger partial charge on any atom is -0.393 e. The van der Waals surface area contributed by atoms with Crippen LogP contribution in [-0.2, 0) is 9.59 Å². The third kappa shape index (κ3) is 2.71.